The molecule has 0 amide bonds. The van der Waals surface area contributed by atoms with Crippen LogP contribution in [0.3, 0.4) is 0 Å². The molecule has 2 aromatic heterocycles. The van der Waals surface area contributed by atoms with Crippen LogP contribution in [0.2, 0.25) is 0 Å². The minimum absolute atomic E-state index is 0.966. The summed E-state index contributed by atoms with van der Waals surface area (Å²) < 4.78 is 2.06. The minimum Gasteiger partial charge on any atom is -0.378 e. The van der Waals surface area contributed by atoms with Crippen molar-refractivity contribution >= 4 is 17.0 Å². The van der Waals surface area contributed by atoms with E-state index in [2.05, 4.69) is 63.0 Å². The van der Waals surface area contributed by atoms with Gasteiger partial charge in [-0.05, 0) is 18.2 Å². The van der Waals surface area contributed by atoms with E-state index in [0.29, 0.717) is 0 Å². The topological polar surface area (TPSA) is 23.8 Å². The summed E-state index contributed by atoms with van der Waals surface area (Å²) in [5.41, 5.74) is 5.44. The largest absolute Gasteiger partial charge is 0.378 e. The molecule has 0 saturated carbocycles. The molecule has 2 heterocycles. The van der Waals surface area contributed by atoms with E-state index in [1.165, 1.54) is 5.69 Å². The van der Waals surface area contributed by atoms with Gasteiger partial charge in [-0.3, -0.25) is 0 Å². The molecule has 4 nitrogen and oxygen atoms in total. The Morgan fingerprint density at radius 1 is 0.857 bits per heavy atom. The van der Waals surface area contributed by atoms with Crippen LogP contribution >= 0.6 is 0 Å². The number of rotatable bonds is 3. The highest BCUT2D eigenvalue weighted by Crippen LogP contribution is 2.23. The molecule has 108 valence electrons. The Balaban J connectivity index is 2.00. The van der Waals surface area contributed by atoms with Gasteiger partial charge in [-0.2, -0.15) is 0 Å². The van der Waals surface area contributed by atoms with Crippen LogP contribution in [0.4, 0.5) is 11.4 Å². The first-order valence-corrected chi connectivity index (χ1v) is 6.98. The normalized spacial score (nSPS) is 10.9. The highest BCUT2D eigenvalue weighted by molar-refractivity contribution is 5.67. The summed E-state index contributed by atoms with van der Waals surface area (Å²) in [6, 6.07) is 12.6. The average molecular weight is 280 g/mol. The molecular weight excluding hydrogens is 260 g/mol. The second-order valence-corrected chi connectivity index (χ2v) is 5.61. The Hall–Kier alpha value is -2.49. The first kappa shape index (κ1) is 13.5. The van der Waals surface area contributed by atoms with Crippen LogP contribution in [0.5, 0.6) is 0 Å². The summed E-state index contributed by atoms with van der Waals surface area (Å²) in [7, 11) is 8.16. The van der Waals surface area contributed by atoms with Crippen molar-refractivity contribution in [3.8, 4) is 11.3 Å². The van der Waals surface area contributed by atoms with Crippen molar-refractivity contribution in [2.24, 2.45) is 0 Å². The Labute approximate surface area is 125 Å². The van der Waals surface area contributed by atoms with Crippen LogP contribution in [0.1, 0.15) is 0 Å². The number of aromatic nitrogens is 2. The summed E-state index contributed by atoms with van der Waals surface area (Å²) >= 11 is 0. The van der Waals surface area contributed by atoms with Gasteiger partial charge >= 0.3 is 0 Å². The molecule has 21 heavy (non-hydrogen) atoms. The molecule has 0 spiro atoms. The molecule has 0 fully saturated rings. The molecule has 0 unspecified atom stereocenters. The molecule has 0 N–H and O–H groups in total. The smallest absolute Gasteiger partial charge is 0.139 e. The summed E-state index contributed by atoms with van der Waals surface area (Å²) in [5, 5.41) is 0. The van der Waals surface area contributed by atoms with Gasteiger partial charge in [-0.15, -0.1) is 0 Å². The predicted octanol–water partition coefficient (Wildman–Crippen LogP) is 3.13. The van der Waals surface area contributed by atoms with Crippen molar-refractivity contribution in [3.63, 3.8) is 0 Å². The van der Waals surface area contributed by atoms with Gasteiger partial charge in [0.2, 0.25) is 0 Å². The molecule has 3 aromatic rings. The SMILES string of the molecule is CN(C)c1ccc(-c2cn3ccc(N(C)C)cc3n2)cc1. The van der Waals surface area contributed by atoms with Gasteiger partial charge in [-0.25, -0.2) is 4.98 Å². The van der Waals surface area contributed by atoms with E-state index in [0.717, 1.165) is 22.6 Å². The third-order valence-corrected chi connectivity index (χ3v) is 3.64. The van der Waals surface area contributed by atoms with Crippen molar-refractivity contribution in [2.45, 2.75) is 0 Å². The van der Waals surface area contributed by atoms with E-state index < -0.39 is 0 Å². The second-order valence-electron chi connectivity index (χ2n) is 5.61. The van der Waals surface area contributed by atoms with Gasteiger partial charge in [0.05, 0.1) is 5.69 Å². The Bertz CT molecular complexity index is 754. The van der Waals surface area contributed by atoms with Crippen molar-refractivity contribution in [1.29, 1.82) is 0 Å². The van der Waals surface area contributed by atoms with Crippen LogP contribution in [-0.2, 0) is 0 Å². The lowest BCUT2D eigenvalue weighted by atomic mass is 10.1. The molecular formula is C17H20N4. The standard InChI is InChI=1S/C17H20N4/c1-19(2)14-7-5-13(6-8-14)16-12-21-10-9-15(20(3)4)11-17(21)18-16/h5-12H,1-4H3. The number of pyridine rings is 1. The van der Waals surface area contributed by atoms with E-state index in [-0.39, 0.29) is 0 Å². The van der Waals surface area contributed by atoms with Crippen molar-refractivity contribution in [1.82, 2.24) is 9.38 Å². The minimum atomic E-state index is 0.966. The van der Waals surface area contributed by atoms with Crippen molar-refractivity contribution in [3.05, 3.63) is 48.8 Å². The maximum Gasteiger partial charge on any atom is 0.139 e. The summed E-state index contributed by atoms with van der Waals surface area (Å²) in [6.07, 6.45) is 4.12. The molecule has 0 atom stereocenters. The van der Waals surface area contributed by atoms with E-state index in [1.54, 1.807) is 0 Å². The molecule has 0 radical (unpaired) electrons. The van der Waals surface area contributed by atoms with Gasteiger partial charge in [0, 0.05) is 63.6 Å². The molecule has 0 saturated heterocycles. The second kappa shape index (κ2) is 5.13. The lowest BCUT2D eigenvalue weighted by molar-refractivity contribution is 1.10. The van der Waals surface area contributed by atoms with Crippen LogP contribution in [0, 0.1) is 0 Å². The van der Waals surface area contributed by atoms with Crippen molar-refractivity contribution in [2.75, 3.05) is 38.0 Å². The Kier molecular flexibility index (Phi) is 3.29. The fourth-order valence-electron chi connectivity index (χ4n) is 2.32. The summed E-state index contributed by atoms with van der Waals surface area (Å²) in [5.74, 6) is 0. The highest BCUT2D eigenvalue weighted by Gasteiger charge is 2.06. The molecule has 0 aliphatic carbocycles. The third-order valence-electron chi connectivity index (χ3n) is 3.64. The van der Waals surface area contributed by atoms with Gasteiger partial charge in [0.25, 0.3) is 0 Å². The maximum atomic E-state index is 4.72. The molecule has 4 heteroatoms. The summed E-state index contributed by atoms with van der Waals surface area (Å²) in [6.45, 7) is 0. The van der Waals surface area contributed by atoms with Crippen LogP contribution in [0.15, 0.2) is 48.8 Å². The number of hydrogen-bond donors (Lipinski definition) is 0. The lowest BCUT2D eigenvalue weighted by Gasteiger charge is -2.12. The van der Waals surface area contributed by atoms with E-state index in [9.17, 15) is 0 Å². The predicted molar refractivity (Wildman–Crippen MR) is 89.3 cm³/mol. The quantitative estimate of drug-likeness (QED) is 0.736. The monoisotopic (exact) mass is 280 g/mol. The number of benzene rings is 1. The highest BCUT2D eigenvalue weighted by atomic mass is 15.1. The maximum absolute atomic E-state index is 4.72. The van der Waals surface area contributed by atoms with Crippen molar-refractivity contribution < 1.29 is 0 Å². The number of fused-ring (bicyclic) bond motifs is 1. The van der Waals surface area contributed by atoms with Crippen LogP contribution in [0.25, 0.3) is 16.9 Å². The lowest BCUT2D eigenvalue weighted by Crippen LogP contribution is -2.08. The number of nitrogens with zero attached hydrogens (tertiary/aromatic N) is 4. The summed E-state index contributed by atoms with van der Waals surface area (Å²) in [4.78, 5) is 8.90. The molecule has 0 bridgehead atoms. The van der Waals surface area contributed by atoms with Gasteiger partial charge in [0.15, 0.2) is 0 Å². The van der Waals surface area contributed by atoms with E-state index >= 15 is 0 Å². The van der Waals surface area contributed by atoms with E-state index in [1.807, 2.05) is 28.2 Å². The number of hydrogen-bond acceptors (Lipinski definition) is 3. The first-order valence-electron chi connectivity index (χ1n) is 6.98. The Morgan fingerprint density at radius 3 is 2.14 bits per heavy atom. The molecule has 3 rings (SSSR count). The van der Waals surface area contributed by atoms with Gasteiger partial charge in [-0.1, -0.05) is 12.1 Å². The van der Waals surface area contributed by atoms with Gasteiger partial charge in [0.1, 0.15) is 5.65 Å². The van der Waals surface area contributed by atoms with Crippen LogP contribution < -0.4 is 9.80 Å². The first-order chi connectivity index (χ1) is 10.0. The zero-order chi connectivity index (χ0) is 15.0. The van der Waals surface area contributed by atoms with E-state index in [4.69, 9.17) is 4.98 Å². The zero-order valence-corrected chi connectivity index (χ0v) is 12.9. The van der Waals surface area contributed by atoms with Crippen LogP contribution in [-0.4, -0.2) is 37.6 Å². The number of imidazole rings is 1. The fourth-order valence-corrected chi connectivity index (χ4v) is 2.32. The van der Waals surface area contributed by atoms with Gasteiger partial charge < -0.3 is 14.2 Å². The number of anilines is 2. The molecule has 1 aromatic carbocycles. The average Bonchev–Trinajstić information content (AvgIpc) is 2.90. The molecule has 0 aliphatic rings. The fraction of sp³-hybridized carbons (Fsp3) is 0.235. The molecule has 0 aliphatic heterocycles. The third kappa shape index (κ3) is 2.57. The Morgan fingerprint density at radius 2 is 1.52 bits per heavy atom. The zero-order valence-electron chi connectivity index (χ0n) is 12.9.